The van der Waals surface area contributed by atoms with Gasteiger partial charge in [-0.3, -0.25) is 14.7 Å². The van der Waals surface area contributed by atoms with Crippen LogP contribution in [0.2, 0.25) is 0 Å². The second-order valence-electron chi connectivity index (χ2n) is 5.20. The Balaban J connectivity index is 1.54. The monoisotopic (exact) mass is 357 g/mol. The molecule has 4 heterocycles. The van der Waals surface area contributed by atoms with Gasteiger partial charge in [-0.15, -0.1) is 16.4 Å². The third-order valence-corrected chi connectivity index (χ3v) is 4.38. The summed E-state index contributed by atoms with van der Waals surface area (Å²) in [5, 5.41) is 19.2. The van der Waals surface area contributed by atoms with Crippen molar-refractivity contribution in [2.24, 2.45) is 0 Å². The molecule has 0 aliphatic rings. The summed E-state index contributed by atoms with van der Waals surface area (Å²) in [6.07, 6.45) is 1.37. The van der Waals surface area contributed by atoms with Crippen LogP contribution < -0.4 is 5.56 Å². The van der Waals surface area contributed by atoms with Gasteiger partial charge in [-0.2, -0.15) is 9.78 Å². The number of hydrogen-bond donors (Lipinski definition) is 2. The maximum Gasteiger partial charge on any atom is 0.272 e. The zero-order valence-corrected chi connectivity index (χ0v) is 13.7. The maximum absolute atomic E-state index is 12.5. The number of hydrogen-bond acceptors (Lipinski definition) is 8. The number of fused-ring (bicyclic) bond motifs is 1. The molecular formula is C13H11N9O2S. The summed E-state index contributed by atoms with van der Waals surface area (Å²) in [4.78, 5) is 33.0. The van der Waals surface area contributed by atoms with E-state index in [0.717, 1.165) is 0 Å². The molecule has 0 bridgehead atoms. The fourth-order valence-corrected chi connectivity index (χ4v) is 3.03. The molecule has 0 saturated heterocycles. The molecular weight excluding hydrogens is 346 g/mol. The second kappa shape index (κ2) is 5.90. The van der Waals surface area contributed by atoms with Gasteiger partial charge in [0, 0.05) is 13.1 Å². The molecule has 0 aliphatic heterocycles. The molecule has 0 spiro atoms. The highest BCUT2D eigenvalue weighted by atomic mass is 32.1. The second-order valence-corrected chi connectivity index (χ2v) is 6.12. The Morgan fingerprint density at radius 1 is 1.44 bits per heavy atom. The highest BCUT2D eigenvalue weighted by Crippen LogP contribution is 2.14. The molecule has 4 aromatic heterocycles. The Kier molecular flexibility index (Phi) is 3.57. The van der Waals surface area contributed by atoms with E-state index in [2.05, 4.69) is 35.7 Å². The van der Waals surface area contributed by atoms with Gasteiger partial charge in [0.2, 0.25) is 0 Å². The van der Waals surface area contributed by atoms with E-state index in [4.69, 9.17) is 0 Å². The van der Waals surface area contributed by atoms with Crippen molar-refractivity contribution < 1.29 is 4.79 Å². The first-order chi connectivity index (χ1) is 12.1. The molecule has 0 aliphatic carbocycles. The molecule has 0 atom stereocenters. The first-order valence-corrected chi connectivity index (χ1v) is 8.00. The Hall–Kier alpha value is -3.41. The van der Waals surface area contributed by atoms with Crippen molar-refractivity contribution in [2.75, 3.05) is 7.05 Å². The van der Waals surface area contributed by atoms with Gasteiger partial charge in [0.15, 0.2) is 5.82 Å². The molecule has 11 nitrogen and oxygen atoms in total. The van der Waals surface area contributed by atoms with Crippen LogP contribution in [0, 0.1) is 0 Å². The van der Waals surface area contributed by atoms with E-state index in [1.54, 1.807) is 18.5 Å². The predicted molar refractivity (Wildman–Crippen MR) is 87.3 cm³/mol. The number of carbonyl (C=O) groups excluding carboxylic acids is 1. The summed E-state index contributed by atoms with van der Waals surface area (Å²) in [6.45, 7) is 0.152. The van der Waals surface area contributed by atoms with Gasteiger partial charge in [-0.1, -0.05) is 0 Å². The average Bonchev–Trinajstić information content (AvgIpc) is 3.33. The molecule has 25 heavy (non-hydrogen) atoms. The lowest BCUT2D eigenvalue weighted by molar-refractivity contribution is 0.0775. The van der Waals surface area contributed by atoms with Gasteiger partial charge in [0.05, 0.1) is 12.1 Å². The van der Waals surface area contributed by atoms with Crippen molar-refractivity contribution >= 4 is 27.5 Å². The molecule has 2 N–H and O–H groups in total. The van der Waals surface area contributed by atoms with E-state index in [1.165, 1.54) is 33.3 Å². The summed E-state index contributed by atoms with van der Waals surface area (Å²) in [6, 6.07) is 3.31. The number of thiophene rings is 1. The van der Waals surface area contributed by atoms with E-state index in [1.807, 2.05) is 0 Å². The molecule has 1 amide bonds. The summed E-state index contributed by atoms with van der Waals surface area (Å²) in [7, 11) is 1.61. The van der Waals surface area contributed by atoms with Crippen LogP contribution in [0.25, 0.3) is 16.0 Å². The first kappa shape index (κ1) is 15.1. The van der Waals surface area contributed by atoms with E-state index in [9.17, 15) is 9.59 Å². The number of tetrazole rings is 1. The standard InChI is InChI=1S/C13H11N9O2S/c1-21(5-9-15-7-2-3-25-11(7)12(23)16-9)13(24)8-4-10(18-17-8)22-6-14-19-20-22/h2-4,6H,5H2,1H3,(H,17,18)(H,15,16,23). The Bertz CT molecular complexity index is 1090. The zero-order valence-electron chi connectivity index (χ0n) is 12.9. The van der Waals surface area contributed by atoms with Crippen LogP contribution in [-0.4, -0.2) is 58.2 Å². The Labute approximate surface area is 143 Å². The lowest BCUT2D eigenvalue weighted by Crippen LogP contribution is -2.28. The minimum Gasteiger partial charge on any atom is -0.333 e. The molecule has 0 unspecified atom stereocenters. The van der Waals surface area contributed by atoms with Gasteiger partial charge in [-0.05, 0) is 21.9 Å². The molecule has 0 aromatic carbocycles. The Morgan fingerprint density at radius 2 is 2.32 bits per heavy atom. The molecule has 4 aromatic rings. The normalized spacial score (nSPS) is 11.1. The quantitative estimate of drug-likeness (QED) is 0.522. The first-order valence-electron chi connectivity index (χ1n) is 7.12. The third-order valence-electron chi connectivity index (χ3n) is 3.48. The zero-order chi connectivity index (χ0) is 17.4. The van der Waals surface area contributed by atoms with Crippen LogP contribution in [0.15, 0.2) is 28.6 Å². The molecule has 12 heteroatoms. The highest BCUT2D eigenvalue weighted by molar-refractivity contribution is 7.17. The van der Waals surface area contributed by atoms with Crippen LogP contribution in [0.4, 0.5) is 0 Å². The largest absolute Gasteiger partial charge is 0.333 e. The lowest BCUT2D eigenvalue weighted by atomic mass is 10.3. The van der Waals surface area contributed by atoms with E-state index in [0.29, 0.717) is 21.9 Å². The van der Waals surface area contributed by atoms with Crippen molar-refractivity contribution in [3.8, 4) is 5.82 Å². The SMILES string of the molecule is CN(Cc1nc2ccsc2c(=O)[nH]1)C(=O)c1cc(-n2cnnn2)n[nH]1. The van der Waals surface area contributed by atoms with Crippen molar-refractivity contribution in [1.29, 1.82) is 0 Å². The number of aromatic nitrogens is 8. The number of aromatic amines is 2. The molecule has 0 saturated carbocycles. The lowest BCUT2D eigenvalue weighted by Gasteiger charge is -2.15. The molecule has 4 rings (SSSR count). The van der Waals surface area contributed by atoms with Crippen LogP contribution >= 0.6 is 11.3 Å². The smallest absolute Gasteiger partial charge is 0.272 e. The number of carbonyl (C=O) groups is 1. The predicted octanol–water partition coefficient (Wildman–Crippen LogP) is -0.0444. The fraction of sp³-hybridized carbons (Fsp3) is 0.154. The summed E-state index contributed by atoms with van der Waals surface area (Å²) in [5.41, 5.74) is 0.678. The minimum atomic E-state index is -0.306. The van der Waals surface area contributed by atoms with Crippen LogP contribution in [0.1, 0.15) is 16.3 Å². The number of H-pyrrole nitrogens is 2. The van der Waals surface area contributed by atoms with Crippen LogP contribution in [-0.2, 0) is 6.54 Å². The summed E-state index contributed by atoms with van der Waals surface area (Å²) in [5.74, 6) is 0.500. The fourth-order valence-electron chi connectivity index (χ4n) is 2.30. The molecule has 0 radical (unpaired) electrons. The van der Waals surface area contributed by atoms with Gasteiger partial charge in [0.1, 0.15) is 22.5 Å². The van der Waals surface area contributed by atoms with E-state index in [-0.39, 0.29) is 23.7 Å². The van der Waals surface area contributed by atoms with Crippen molar-refractivity contribution in [3.05, 3.63) is 45.7 Å². The summed E-state index contributed by atoms with van der Waals surface area (Å²) < 4.78 is 1.90. The van der Waals surface area contributed by atoms with Crippen molar-refractivity contribution in [1.82, 2.24) is 45.3 Å². The average molecular weight is 357 g/mol. The molecule has 0 fully saturated rings. The van der Waals surface area contributed by atoms with Gasteiger partial charge >= 0.3 is 0 Å². The van der Waals surface area contributed by atoms with E-state index >= 15 is 0 Å². The highest BCUT2D eigenvalue weighted by Gasteiger charge is 2.17. The topological polar surface area (TPSA) is 138 Å². The maximum atomic E-state index is 12.5. The van der Waals surface area contributed by atoms with Crippen molar-refractivity contribution in [2.45, 2.75) is 6.54 Å². The number of nitrogens with zero attached hydrogens (tertiary/aromatic N) is 7. The Morgan fingerprint density at radius 3 is 3.12 bits per heavy atom. The number of rotatable bonds is 4. The number of amides is 1. The van der Waals surface area contributed by atoms with Crippen LogP contribution in [0.5, 0.6) is 0 Å². The summed E-state index contributed by atoms with van der Waals surface area (Å²) >= 11 is 1.33. The van der Waals surface area contributed by atoms with Gasteiger partial charge in [-0.25, -0.2) is 4.98 Å². The van der Waals surface area contributed by atoms with Gasteiger partial charge in [0.25, 0.3) is 11.5 Å². The minimum absolute atomic E-state index is 0.152. The van der Waals surface area contributed by atoms with Crippen LogP contribution in [0.3, 0.4) is 0 Å². The van der Waals surface area contributed by atoms with Crippen molar-refractivity contribution in [3.63, 3.8) is 0 Å². The van der Waals surface area contributed by atoms with Gasteiger partial charge < -0.3 is 9.88 Å². The number of nitrogens with one attached hydrogen (secondary N) is 2. The van der Waals surface area contributed by atoms with E-state index < -0.39 is 0 Å². The third kappa shape index (κ3) is 2.78. The molecule has 126 valence electrons.